The molecule has 0 fully saturated rings. The first-order valence-corrected chi connectivity index (χ1v) is 31.5. The number of phenols is 3. The highest BCUT2D eigenvalue weighted by atomic mass is 16.6. The number of allylic oxidation sites excluding steroid dienone is 9. The fourth-order valence-corrected chi connectivity index (χ4v) is 12.0. The van der Waals surface area contributed by atoms with Gasteiger partial charge in [-0.3, -0.25) is 4.79 Å². The van der Waals surface area contributed by atoms with E-state index in [1.54, 1.807) is 12.1 Å². The molecule has 0 spiro atoms. The van der Waals surface area contributed by atoms with E-state index in [4.69, 9.17) is 19.3 Å². The van der Waals surface area contributed by atoms with Crippen LogP contribution in [-0.4, -0.2) is 81.7 Å². The van der Waals surface area contributed by atoms with Gasteiger partial charge >= 0.3 is 17.9 Å². The Labute approximate surface area is 510 Å². The van der Waals surface area contributed by atoms with Crippen LogP contribution < -0.4 is 14.2 Å². The molecule has 12 heteroatoms. The summed E-state index contributed by atoms with van der Waals surface area (Å²) in [6, 6.07) is 11.1. The summed E-state index contributed by atoms with van der Waals surface area (Å²) in [5, 5.41) is 51.5. The van der Waals surface area contributed by atoms with Crippen molar-refractivity contribution in [2.75, 3.05) is 27.2 Å². The van der Waals surface area contributed by atoms with Crippen molar-refractivity contribution in [2.24, 2.45) is 17.8 Å². The van der Waals surface area contributed by atoms with Crippen molar-refractivity contribution >= 4 is 17.9 Å². The lowest BCUT2D eigenvalue weighted by Crippen LogP contribution is -2.24. The number of aryl methyl sites for hydroxylation is 3. The van der Waals surface area contributed by atoms with Gasteiger partial charge in [0.05, 0.1) is 6.42 Å². The molecule has 3 aliphatic rings. The smallest absolute Gasteiger partial charge is 0.340 e. The second-order valence-electron chi connectivity index (χ2n) is 24.8. The number of rotatable bonds is 26. The summed E-state index contributed by atoms with van der Waals surface area (Å²) in [6.07, 6.45) is 23.8. The number of hydrogen-bond donors (Lipinski definition) is 5. The lowest BCUT2D eigenvalue weighted by molar-refractivity contribution is -0.142. The van der Waals surface area contributed by atoms with E-state index in [-0.39, 0.29) is 58.7 Å². The Bertz CT molecular complexity index is 2850. The largest absolute Gasteiger partial charge is 0.507 e. The summed E-state index contributed by atoms with van der Waals surface area (Å²) in [7, 11) is 3.87. The second kappa shape index (κ2) is 35.4. The molecule has 12 nitrogen and oxygen atoms in total. The number of carbonyl (C=O) groups is 3. The molecular weight excluding hydrogens is 1070 g/mol. The molecule has 3 aromatic rings. The Morgan fingerprint density at radius 3 is 1.14 bits per heavy atom. The van der Waals surface area contributed by atoms with Crippen LogP contribution in [0, 0.1) is 17.8 Å². The lowest BCUT2D eigenvalue weighted by Gasteiger charge is -2.32. The van der Waals surface area contributed by atoms with Crippen molar-refractivity contribution in [1.29, 1.82) is 0 Å². The van der Waals surface area contributed by atoms with Gasteiger partial charge < -0.3 is 44.6 Å². The lowest BCUT2D eigenvalue weighted by atomic mass is 9.73. The van der Waals surface area contributed by atoms with E-state index < -0.39 is 24.6 Å². The first-order chi connectivity index (χ1) is 40.3. The Kier molecular flexibility index (Phi) is 29.7. The van der Waals surface area contributed by atoms with Crippen LogP contribution in [0.15, 0.2) is 108 Å². The van der Waals surface area contributed by atoms with Crippen molar-refractivity contribution in [1.82, 2.24) is 4.90 Å². The topological polar surface area (TPSA) is 183 Å². The zero-order chi connectivity index (χ0) is 63.1. The normalized spacial score (nSPS) is 19.6. The third kappa shape index (κ3) is 21.9. The zero-order valence-corrected chi connectivity index (χ0v) is 53.8. The third-order valence-electron chi connectivity index (χ3n) is 16.8. The van der Waals surface area contributed by atoms with Gasteiger partial charge in [0.15, 0.2) is 0 Å². The minimum Gasteiger partial charge on any atom is -0.507 e. The number of aliphatic hydroxyl groups is 2. The van der Waals surface area contributed by atoms with E-state index in [1.807, 2.05) is 64.0 Å². The van der Waals surface area contributed by atoms with Crippen LogP contribution in [0.1, 0.15) is 223 Å². The highest BCUT2D eigenvalue weighted by Crippen LogP contribution is 2.50. The Morgan fingerprint density at radius 2 is 0.859 bits per heavy atom. The number of ether oxygens (including phenoxy) is 3. The average molecular weight is 1170 g/mol. The molecule has 3 aliphatic carbocycles. The van der Waals surface area contributed by atoms with Crippen LogP contribution in [0.5, 0.6) is 34.5 Å². The molecular formula is C73H105NO11. The van der Waals surface area contributed by atoms with Gasteiger partial charge in [0.2, 0.25) is 0 Å². The summed E-state index contributed by atoms with van der Waals surface area (Å²) in [5.41, 5.74) is 11.8. The number of nitrogens with zero attached hydrogens (tertiary/aromatic N) is 1. The number of benzene rings is 3. The van der Waals surface area contributed by atoms with Crippen LogP contribution in [0.4, 0.5) is 0 Å². The maximum Gasteiger partial charge on any atom is 0.340 e. The zero-order valence-electron chi connectivity index (χ0n) is 53.8. The summed E-state index contributed by atoms with van der Waals surface area (Å²) in [6.45, 7) is 32.6. The summed E-state index contributed by atoms with van der Waals surface area (Å²) in [4.78, 5) is 38.4. The fourth-order valence-electron chi connectivity index (χ4n) is 12.0. The van der Waals surface area contributed by atoms with Crippen LogP contribution in [0.25, 0.3) is 0 Å². The van der Waals surface area contributed by atoms with Gasteiger partial charge in [-0.2, -0.15) is 0 Å². The predicted octanol–water partition coefficient (Wildman–Crippen LogP) is 16.5. The van der Waals surface area contributed by atoms with E-state index in [9.17, 15) is 34.8 Å². The number of carbonyl (C=O) groups excluding carboxylic acids is 3. The number of aromatic hydroxyl groups is 3. The fraction of sp³-hybridized carbons (Fsp3) is 0.548. The van der Waals surface area contributed by atoms with E-state index in [0.29, 0.717) is 41.3 Å². The number of phenolic OH excluding ortho intramolecular Hbond substituents is 3. The van der Waals surface area contributed by atoms with Gasteiger partial charge in [0, 0.05) is 41.0 Å². The second-order valence-corrected chi connectivity index (χ2v) is 24.8. The molecule has 0 saturated heterocycles. The first-order valence-electron chi connectivity index (χ1n) is 31.5. The van der Waals surface area contributed by atoms with Gasteiger partial charge in [0.1, 0.15) is 47.2 Å². The van der Waals surface area contributed by atoms with Crippen molar-refractivity contribution in [3.05, 3.63) is 141 Å². The Balaban J connectivity index is 0.000000274. The van der Waals surface area contributed by atoms with E-state index >= 15 is 0 Å². The average Bonchev–Trinajstić information content (AvgIpc) is 1.57. The number of hydrogen-bond acceptors (Lipinski definition) is 12. The molecule has 5 N–H and O–H groups in total. The van der Waals surface area contributed by atoms with Crippen LogP contribution in [-0.2, 0) is 33.6 Å². The molecule has 0 saturated carbocycles. The molecule has 0 aromatic heterocycles. The molecule has 7 atom stereocenters. The minimum atomic E-state index is -1.22. The SMILES string of the molecule is C=C(C)C1CCC(C)=CC1c1c(O)cc(CCCCC)cc1OC(=O)CO.C=C(C)C1CCC(C)=C[C@H]1c1c(O)cc(CCCCC)cc1OC(=O)CCN(C)C.C=C(C)C1CCC(C)=C[C@H]1c1c(O)cc(CCCCC)cc1OC(=O)[C@@H](C)O. The monoisotopic (exact) mass is 1170 g/mol. The van der Waals surface area contributed by atoms with Gasteiger partial charge in [-0.25, -0.2) is 9.59 Å². The molecule has 3 aromatic carbocycles. The predicted molar refractivity (Wildman–Crippen MR) is 345 cm³/mol. The molecule has 0 radical (unpaired) electrons. The van der Waals surface area contributed by atoms with Crippen molar-refractivity contribution in [3.8, 4) is 34.5 Å². The van der Waals surface area contributed by atoms with Crippen LogP contribution in [0.2, 0.25) is 0 Å². The van der Waals surface area contributed by atoms with Crippen LogP contribution in [0.3, 0.4) is 0 Å². The van der Waals surface area contributed by atoms with E-state index in [0.717, 1.165) is 155 Å². The number of aliphatic hydroxyl groups excluding tert-OH is 2. The number of esters is 3. The Hall–Kier alpha value is -6.21. The molecule has 0 heterocycles. The molecule has 0 bridgehead atoms. The maximum atomic E-state index is 12.6. The van der Waals surface area contributed by atoms with Crippen molar-refractivity contribution < 1.29 is 54.1 Å². The summed E-state index contributed by atoms with van der Waals surface area (Å²) >= 11 is 0. The highest BCUT2D eigenvalue weighted by molar-refractivity contribution is 5.78. The molecule has 4 unspecified atom stereocenters. The van der Waals surface area contributed by atoms with E-state index in [2.05, 4.69) is 79.5 Å². The number of unbranched alkanes of at least 4 members (excludes halogenated alkanes) is 6. The highest BCUT2D eigenvalue weighted by Gasteiger charge is 2.35. The summed E-state index contributed by atoms with van der Waals surface area (Å²) in [5.74, 6) is 0.366. The van der Waals surface area contributed by atoms with Gasteiger partial charge in [-0.1, -0.05) is 131 Å². The molecule has 0 amide bonds. The van der Waals surface area contributed by atoms with Gasteiger partial charge in [-0.05, 0) is 210 Å². The van der Waals surface area contributed by atoms with Crippen molar-refractivity contribution in [3.63, 3.8) is 0 Å². The van der Waals surface area contributed by atoms with Crippen molar-refractivity contribution in [2.45, 2.75) is 215 Å². The molecule has 0 aliphatic heterocycles. The quantitative estimate of drug-likeness (QED) is 0.0222. The van der Waals surface area contributed by atoms with E-state index in [1.165, 1.54) is 23.6 Å². The van der Waals surface area contributed by atoms with Gasteiger partial charge in [-0.15, -0.1) is 0 Å². The van der Waals surface area contributed by atoms with Crippen LogP contribution >= 0.6 is 0 Å². The molecule has 6 rings (SSSR count). The molecule has 468 valence electrons. The summed E-state index contributed by atoms with van der Waals surface area (Å²) < 4.78 is 16.8. The van der Waals surface area contributed by atoms with Gasteiger partial charge in [0.25, 0.3) is 0 Å². The first kappa shape index (κ1) is 71.3. The Morgan fingerprint density at radius 1 is 0.541 bits per heavy atom. The molecule has 85 heavy (non-hydrogen) atoms. The maximum absolute atomic E-state index is 12.6. The third-order valence-corrected chi connectivity index (χ3v) is 16.8. The standard InChI is InChI=1S/C26H39NO3.C24H34O4.C23H32O4/c1-7-8-9-10-20-16-23(28)26(22-15-19(4)11-12-21(22)18(2)3)24(17-20)30-25(29)13-14-27(5)6;1-6-7-8-9-18-13-21(26)23(22(14-18)28-24(27)17(5)25)20-12-16(4)10-11-19(20)15(2)3;1-5-6-7-8-17-12-20(25)23(21(13-17)27-22(26)14-24)19-11-16(4)9-10-18(19)15(2)3/h15-17,21-22,28H,2,7-14H2,1,3-6H3;12-14,17,19-20,25-26H,2,6-11H2,1,3-5H3;11-13,18-19,24-25H,2,5-10,14H2,1,3-4H3/t21?,22-;17-,19?,20-;/m11./s1. The minimum absolute atomic E-state index is 0.0300.